The molecule has 0 unspecified atom stereocenters. The second-order valence-corrected chi connectivity index (χ2v) is 9.89. The third-order valence-corrected chi connectivity index (χ3v) is 7.40. The van der Waals surface area contributed by atoms with Crippen LogP contribution in [0.1, 0.15) is 59.1 Å². The van der Waals surface area contributed by atoms with Crippen LogP contribution in [0.2, 0.25) is 0 Å². The highest BCUT2D eigenvalue weighted by Gasteiger charge is 2.35. The van der Waals surface area contributed by atoms with Gasteiger partial charge in [-0.25, -0.2) is 4.98 Å². The molecule has 6 nitrogen and oxygen atoms in total. The van der Waals surface area contributed by atoms with Crippen molar-refractivity contribution in [2.24, 2.45) is 5.92 Å². The van der Waals surface area contributed by atoms with Gasteiger partial charge in [-0.2, -0.15) is 0 Å². The van der Waals surface area contributed by atoms with Gasteiger partial charge in [0.05, 0.1) is 17.8 Å². The van der Waals surface area contributed by atoms with Crippen molar-refractivity contribution >= 4 is 17.2 Å². The maximum absolute atomic E-state index is 12.7. The number of rotatable bonds is 4. The number of aryl methyl sites for hydroxylation is 1. The number of nitrogens with one attached hydrogen (secondary N) is 1. The number of H-pyrrole nitrogens is 1. The van der Waals surface area contributed by atoms with Crippen molar-refractivity contribution in [2.75, 3.05) is 19.6 Å². The van der Waals surface area contributed by atoms with Crippen molar-refractivity contribution < 1.29 is 4.79 Å². The molecule has 29 heavy (non-hydrogen) atoms. The van der Waals surface area contributed by atoms with Gasteiger partial charge in [0, 0.05) is 36.2 Å². The van der Waals surface area contributed by atoms with Gasteiger partial charge in [-0.1, -0.05) is 0 Å². The first kappa shape index (κ1) is 19.0. The summed E-state index contributed by atoms with van der Waals surface area (Å²) in [5.41, 5.74) is 2.95. The Labute approximate surface area is 175 Å². The van der Waals surface area contributed by atoms with Gasteiger partial charge < -0.3 is 9.88 Å². The minimum atomic E-state index is -0.0468. The molecule has 2 fully saturated rings. The number of fused-ring (bicyclic) bond motifs is 1. The van der Waals surface area contributed by atoms with Crippen molar-refractivity contribution in [3.8, 4) is 0 Å². The topological polar surface area (TPSA) is 69.3 Å². The van der Waals surface area contributed by atoms with E-state index in [1.54, 1.807) is 0 Å². The lowest BCUT2D eigenvalue weighted by Gasteiger charge is -2.32. The number of hydrogen-bond acceptors (Lipinski definition) is 5. The van der Waals surface area contributed by atoms with Crippen molar-refractivity contribution in [1.82, 2.24) is 19.8 Å². The van der Waals surface area contributed by atoms with Crippen LogP contribution in [0.3, 0.4) is 0 Å². The molecule has 4 heterocycles. The lowest BCUT2D eigenvalue weighted by molar-refractivity contribution is -0.133. The van der Waals surface area contributed by atoms with E-state index in [0.717, 1.165) is 56.8 Å². The molecule has 3 aliphatic rings. The van der Waals surface area contributed by atoms with E-state index >= 15 is 0 Å². The van der Waals surface area contributed by atoms with Crippen LogP contribution in [0.5, 0.6) is 0 Å². The number of aromatic amines is 1. The van der Waals surface area contributed by atoms with Gasteiger partial charge in [0.1, 0.15) is 5.82 Å². The fraction of sp³-hybridized carbons (Fsp3) is 0.591. The summed E-state index contributed by atoms with van der Waals surface area (Å²) in [6.07, 6.45) is 4.75. The molecule has 1 amide bonds. The third-order valence-electron chi connectivity index (χ3n) is 6.49. The first-order valence-corrected chi connectivity index (χ1v) is 11.6. The molecule has 7 heteroatoms. The van der Waals surface area contributed by atoms with Gasteiger partial charge in [0.15, 0.2) is 0 Å². The number of carbonyl (C=O) groups is 1. The second-order valence-electron chi connectivity index (χ2n) is 8.78. The van der Waals surface area contributed by atoms with E-state index < -0.39 is 0 Å². The standard InChI is InChI=1S/C22H28N4O2S/c1-14-10-15(13-29-14)11-25-7-4-16(5-8-25)20-23-19-6-9-26(22(28)17-2-3-17)12-18(19)21(27)24-20/h10,13,16-17H,2-9,11-12H2,1H3,(H,23,24,27). The summed E-state index contributed by atoms with van der Waals surface area (Å²) in [6.45, 7) is 6.34. The van der Waals surface area contributed by atoms with Gasteiger partial charge in [-0.3, -0.25) is 14.5 Å². The molecule has 1 aliphatic carbocycles. The highest BCUT2D eigenvalue weighted by Crippen LogP contribution is 2.33. The average molecular weight is 413 g/mol. The molecule has 2 aromatic rings. The van der Waals surface area contributed by atoms with Gasteiger partial charge in [-0.05, 0) is 62.7 Å². The van der Waals surface area contributed by atoms with Gasteiger partial charge in [-0.15, -0.1) is 11.3 Å². The Balaban J connectivity index is 1.24. The zero-order valence-electron chi connectivity index (χ0n) is 16.9. The lowest BCUT2D eigenvalue weighted by Crippen LogP contribution is -2.41. The maximum atomic E-state index is 12.7. The van der Waals surface area contributed by atoms with Gasteiger partial charge in [0.25, 0.3) is 5.56 Å². The lowest BCUT2D eigenvalue weighted by atomic mass is 9.95. The van der Waals surface area contributed by atoms with Crippen molar-refractivity contribution in [3.05, 3.63) is 49.3 Å². The quantitative estimate of drug-likeness (QED) is 0.838. The number of hydrogen-bond donors (Lipinski definition) is 1. The first-order chi connectivity index (χ1) is 14.1. The number of amides is 1. The molecule has 0 spiro atoms. The molecule has 0 atom stereocenters. The van der Waals surface area contributed by atoms with E-state index in [9.17, 15) is 9.59 Å². The molecule has 0 radical (unpaired) electrons. The molecular weight excluding hydrogens is 384 g/mol. The molecule has 154 valence electrons. The van der Waals surface area contributed by atoms with Gasteiger partial charge in [0.2, 0.25) is 5.91 Å². The number of nitrogens with zero attached hydrogens (tertiary/aromatic N) is 3. The summed E-state index contributed by atoms with van der Waals surface area (Å²) >= 11 is 1.81. The summed E-state index contributed by atoms with van der Waals surface area (Å²) in [5.74, 6) is 1.58. The van der Waals surface area contributed by atoms with E-state index in [2.05, 4.69) is 28.3 Å². The normalized spacial score (nSPS) is 20.7. The molecule has 2 aliphatic heterocycles. The number of thiophene rings is 1. The highest BCUT2D eigenvalue weighted by atomic mass is 32.1. The monoisotopic (exact) mass is 412 g/mol. The third kappa shape index (κ3) is 4.03. The molecule has 1 saturated carbocycles. The number of piperidine rings is 1. The number of aromatic nitrogens is 2. The van der Waals surface area contributed by atoms with E-state index in [4.69, 9.17) is 4.98 Å². The maximum Gasteiger partial charge on any atom is 0.256 e. The van der Waals surface area contributed by atoms with Crippen LogP contribution < -0.4 is 5.56 Å². The Morgan fingerprint density at radius 3 is 2.72 bits per heavy atom. The predicted molar refractivity (Wildman–Crippen MR) is 113 cm³/mol. The van der Waals surface area contributed by atoms with Crippen molar-refractivity contribution in [3.63, 3.8) is 0 Å². The second kappa shape index (κ2) is 7.69. The molecular formula is C22H28N4O2S. The first-order valence-electron chi connectivity index (χ1n) is 10.7. The highest BCUT2D eigenvalue weighted by molar-refractivity contribution is 7.10. The van der Waals surface area contributed by atoms with Crippen LogP contribution in [0.25, 0.3) is 0 Å². The Morgan fingerprint density at radius 2 is 2.03 bits per heavy atom. The molecule has 2 aromatic heterocycles. The molecule has 0 aromatic carbocycles. The van der Waals surface area contributed by atoms with Gasteiger partial charge >= 0.3 is 0 Å². The fourth-order valence-electron chi connectivity index (χ4n) is 4.62. The Bertz CT molecular complexity index is 969. The molecule has 5 rings (SSSR count). The Morgan fingerprint density at radius 1 is 1.24 bits per heavy atom. The van der Waals surface area contributed by atoms with Crippen molar-refractivity contribution in [1.29, 1.82) is 0 Å². The zero-order chi connectivity index (χ0) is 20.0. The van der Waals surface area contributed by atoms with Crippen molar-refractivity contribution in [2.45, 2.75) is 58.0 Å². The van der Waals surface area contributed by atoms with Crippen LogP contribution in [0.15, 0.2) is 16.2 Å². The summed E-state index contributed by atoms with van der Waals surface area (Å²) in [6, 6.07) is 2.27. The summed E-state index contributed by atoms with van der Waals surface area (Å²) in [7, 11) is 0. The Hall–Kier alpha value is -1.99. The van der Waals surface area contributed by atoms with Crippen LogP contribution in [0, 0.1) is 12.8 Å². The summed E-state index contributed by atoms with van der Waals surface area (Å²) in [4.78, 5) is 38.7. The SMILES string of the molecule is Cc1cc(CN2CCC(c3nc4c(c(=O)[nH]3)CN(C(=O)C3CC3)CC4)CC2)cs1. The largest absolute Gasteiger partial charge is 0.337 e. The molecule has 1 N–H and O–H groups in total. The van der Waals surface area contributed by atoms with Crippen LogP contribution in [-0.4, -0.2) is 45.3 Å². The smallest absolute Gasteiger partial charge is 0.256 e. The van der Waals surface area contributed by atoms with E-state index in [1.165, 1.54) is 10.4 Å². The van der Waals surface area contributed by atoms with Crippen LogP contribution >= 0.6 is 11.3 Å². The molecule has 0 bridgehead atoms. The number of carbonyl (C=O) groups excluding carboxylic acids is 1. The van der Waals surface area contributed by atoms with E-state index in [1.807, 2.05) is 16.2 Å². The van der Waals surface area contributed by atoms with Crippen LogP contribution in [-0.2, 0) is 24.3 Å². The summed E-state index contributed by atoms with van der Waals surface area (Å²) in [5, 5.41) is 2.25. The van der Waals surface area contributed by atoms with Crippen LogP contribution in [0.4, 0.5) is 0 Å². The predicted octanol–water partition coefficient (Wildman–Crippen LogP) is 2.81. The fourth-order valence-corrected chi connectivity index (χ4v) is 5.32. The zero-order valence-corrected chi connectivity index (χ0v) is 17.8. The Kier molecular flexibility index (Phi) is 5.04. The summed E-state index contributed by atoms with van der Waals surface area (Å²) < 4.78 is 0. The average Bonchev–Trinajstić information content (AvgIpc) is 3.50. The van der Waals surface area contributed by atoms with E-state index in [-0.39, 0.29) is 17.4 Å². The van der Waals surface area contributed by atoms with E-state index in [0.29, 0.717) is 31.0 Å². The minimum absolute atomic E-state index is 0.0468. The number of likely N-dealkylation sites (tertiary alicyclic amines) is 1. The minimum Gasteiger partial charge on any atom is -0.337 e. The molecule has 1 saturated heterocycles.